The van der Waals surface area contributed by atoms with Gasteiger partial charge in [-0.1, -0.05) is 5.16 Å². The second-order valence-corrected chi connectivity index (χ2v) is 6.64. The molecular weight excluding hydrogens is 370 g/mol. The van der Waals surface area contributed by atoms with Crippen LogP contribution in [0, 0.1) is 21.7 Å². The lowest BCUT2D eigenvalue weighted by Crippen LogP contribution is -2.35. The molecule has 0 spiro atoms. The summed E-state index contributed by atoms with van der Waals surface area (Å²) in [4.78, 5) is 16.4. The number of rotatable bonds is 4. The van der Waals surface area contributed by atoms with Crippen molar-refractivity contribution in [3.05, 3.63) is 70.1 Å². The number of non-ortho nitro benzene ring substituents is 1. The SMILES string of the molecule is O=[N+]([O-])c1ccc(N2CCCC(c3nc(-c4ccc(F)cc4)no3)C2)c(F)c1. The highest BCUT2D eigenvalue weighted by molar-refractivity contribution is 5.54. The molecule has 1 aliphatic rings. The van der Waals surface area contributed by atoms with Gasteiger partial charge in [0.1, 0.15) is 5.82 Å². The van der Waals surface area contributed by atoms with E-state index in [0.717, 1.165) is 18.9 Å². The number of aromatic nitrogens is 2. The molecule has 3 aromatic rings. The molecule has 0 amide bonds. The van der Waals surface area contributed by atoms with Crippen LogP contribution in [0.3, 0.4) is 0 Å². The van der Waals surface area contributed by atoms with Gasteiger partial charge >= 0.3 is 0 Å². The Bertz CT molecular complexity index is 1010. The first kappa shape index (κ1) is 18.0. The van der Waals surface area contributed by atoms with Crippen molar-refractivity contribution in [2.24, 2.45) is 0 Å². The summed E-state index contributed by atoms with van der Waals surface area (Å²) in [6.07, 6.45) is 1.59. The van der Waals surface area contributed by atoms with Gasteiger partial charge in [0.2, 0.25) is 11.7 Å². The molecule has 1 unspecified atom stereocenters. The van der Waals surface area contributed by atoms with Crippen molar-refractivity contribution in [3.63, 3.8) is 0 Å². The van der Waals surface area contributed by atoms with Crippen LogP contribution in [0.5, 0.6) is 0 Å². The van der Waals surface area contributed by atoms with Crippen LogP contribution in [-0.4, -0.2) is 28.2 Å². The number of benzene rings is 2. The molecule has 0 aliphatic carbocycles. The maximum atomic E-state index is 14.4. The van der Waals surface area contributed by atoms with E-state index in [2.05, 4.69) is 10.1 Å². The van der Waals surface area contributed by atoms with Gasteiger partial charge in [0, 0.05) is 24.7 Å². The monoisotopic (exact) mass is 386 g/mol. The number of anilines is 1. The normalized spacial score (nSPS) is 16.9. The van der Waals surface area contributed by atoms with E-state index in [-0.39, 0.29) is 17.4 Å². The van der Waals surface area contributed by atoms with Crippen LogP contribution in [0.4, 0.5) is 20.2 Å². The van der Waals surface area contributed by atoms with Gasteiger partial charge in [0.25, 0.3) is 5.69 Å². The van der Waals surface area contributed by atoms with Crippen LogP contribution in [0.1, 0.15) is 24.7 Å². The van der Waals surface area contributed by atoms with Gasteiger partial charge in [-0.25, -0.2) is 8.78 Å². The van der Waals surface area contributed by atoms with Gasteiger partial charge < -0.3 is 9.42 Å². The van der Waals surface area contributed by atoms with Gasteiger partial charge in [-0.15, -0.1) is 0 Å². The first-order chi connectivity index (χ1) is 13.5. The summed E-state index contributed by atoms with van der Waals surface area (Å²) in [5.41, 5.74) is 0.676. The minimum atomic E-state index is -0.632. The molecule has 0 radical (unpaired) electrons. The van der Waals surface area contributed by atoms with Crippen LogP contribution >= 0.6 is 0 Å². The number of nitrogens with zero attached hydrogens (tertiary/aromatic N) is 4. The zero-order valence-electron chi connectivity index (χ0n) is 14.7. The molecule has 1 saturated heterocycles. The van der Waals surface area contributed by atoms with Gasteiger partial charge in [-0.05, 0) is 43.2 Å². The van der Waals surface area contributed by atoms with Crippen LogP contribution < -0.4 is 4.90 Å². The first-order valence-electron chi connectivity index (χ1n) is 8.79. The van der Waals surface area contributed by atoms with Gasteiger partial charge in [0.05, 0.1) is 22.6 Å². The predicted molar refractivity (Wildman–Crippen MR) is 96.9 cm³/mol. The summed E-state index contributed by atoms with van der Waals surface area (Å²) in [6, 6.07) is 9.44. The molecule has 1 fully saturated rings. The fourth-order valence-electron chi connectivity index (χ4n) is 3.38. The van der Waals surface area contributed by atoms with E-state index in [0.29, 0.717) is 36.1 Å². The molecule has 28 heavy (non-hydrogen) atoms. The fraction of sp³-hybridized carbons (Fsp3) is 0.263. The minimum Gasteiger partial charge on any atom is -0.368 e. The summed E-state index contributed by atoms with van der Waals surface area (Å²) in [7, 11) is 0. The zero-order valence-corrected chi connectivity index (χ0v) is 14.7. The molecule has 1 aliphatic heterocycles. The molecular formula is C19H16F2N4O3. The average molecular weight is 386 g/mol. The van der Waals surface area contributed by atoms with E-state index in [9.17, 15) is 18.9 Å². The molecule has 7 nitrogen and oxygen atoms in total. The number of nitro groups is 1. The van der Waals surface area contributed by atoms with Crippen LogP contribution in [-0.2, 0) is 0 Å². The second-order valence-electron chi connectivity index (χ2n) is 6.64. The zero-order chi connectivity index (χ0) is 19.7. The summed E-state index contributed by atoms with van der Waals surface area (Å²) in [6.45, 7) is 1.09. The van der Waals surface area contributed by atoms with Gasteiger partial charge in [0.15, 0.2) is 5.82 Å². The lowest BCUT2D eigenvalue weighted by Gasteiger charge is -2.32. The maximum Gasteiger partial charge on any atom is 0.272 e. The molecule has 9 heteroatoms. The lowest BCUT2D eigenvalue weighted by molar-refractivity contribution is -0.385. The van der Waals surface area contributed by atoms with E-state index in [1.807, 2.05) is 4.90 Å². The number of hydrogen-bond donors (Lipinski definition) is 0. The average Bonchev–Trinajstić information content (AvgIpc) is 3.19. The van der Waals surface area contributed by atoms with Crippen molar-refractivity contribution in [3.8, 4) is 11.4 Å². The Hall–Kier alpha value is -3.36. The molecule has 0 saturated carbocycles. The summed E-state index contributed by atoms with van der Waals surface area (Å²) < 4.78 is 32.8. The Labute approximate surface area is 158 Å². The second kappa shape index (κ2) is 7.34. The summed E-state index contributed by atoms with van der Waals surface area (Å²) in [5.74, 6) is -0.266. The number of hydrogen-bond acceptors (Lipinski definition) is 6. The molecule has 2 aromatic carbocycles. The maximum absolute atomic E-state index is 14.4. The minimum absolute atomic E-state index is 0.0926. The smallest absolute Gasteiger partial charge is 0.272 e. The number of piperidine rings is 1. The Kier molecular flexibility index (Phi) is 4.72. The molecule has 144 valence electrons. The van der Waals surface area contributed by atoms with Gasteiger partial charge in [-0.2, -0.15) is 4.98 Å². The third kappa shape index (κ3) is 3.55. The largest absolute Gasteiger partial charge is 0.368 e. The van der Waals surface area contributed by atoms with E-state index >= 15 is 0 Å². The highest BCUT2D eigenvalue weighted by Crippen LogP contribution is 2.32. The van der Waals surface area contributed by atoms with Crippen molar-refractivity contribution >= 4 is 11.4 Å². The Morgan fingerprint density at radius 1 is 1.18 bits per heavy atom. The van der Waals surface area contributed by atoms with Crippen molar-refractivity contribution in [2.45, 2.75) is 18.8 Å². The number of halogens is 2. The number of nitro benzene ring substituents is 1. The van der Waals surface area contributed by atoms with Crippen LogP contribution in [0.15, 0.2) is 47.0 Å². The van der Waals surface area contributed by atoms with E-state index in [1.54, 1.807) is 12.1 Å². The Balaban J connectivity index is 1.53. The molecule has 4 rings (SSSR count). The van der Waals surface area contributed by atoms with Crippen molar-refractivity contribution in [1.29, 1.82) is 0 Å². The molecule has 2 heterocycles. The Morgan fingerprint density at radius 3 is 2.68 bits per heavy atom. The molecule has 0 bridgehead atoms. The lowest BCUT2D eigenvalue weighted by atomic mass is 9.97. The fourth-order valence-corrected chi connectivity index (χ4v) is 3.38. The predicted octanol–water partition coefficient (Wildman–Crippen LogP) is 4.31. The van der Waals surface area contributed by atoms with E-state index < -0.39 is 10.7 Å². The van der Waals surface area contributed by atoms with Crippen molar-refractivity contribution < 1.29 is 18.2 Å². The van der Waals surface area contributed by atoms with Gasteiger partial charge in [-0.3, -0.25) is 10.1 Å². The van der Waals surface area contributed by atoms with Crippen LogP contribution in [0.2, 0.25) is 0 Å². The molecule has 1 aromatic heterocycles. The van der Waals surface area contributed by atoms with Crippen molar-refractivity contribution in [2.75, 3.05) is 18.0 Å². The van der Waals surface area contributed by atoms with Crippen molar-refractivity contribution in [1.82, 2.24) is 10.1 Å². The molecule has 0 N–H and O–H groups in total. The van der Waals surface area contributed by atoms with Crippen LogP contribution in [0.25, 0.3) is 11.4 Å². The third-order valence-electron chi connectivity index (χ3n) is 4.80. The quantitative estimate of drug-likeness (QED) is 0.491. The standard InChI is InChI=1S/C19H16F2N4O3/c20-14-5-3-12(4-6-14)18-22-19(28-23-18)13-2-1-9-24(11-13)17-8-7-15(25(26)27)10-16(17)21/h3-8,10,13H,1-2,9,11H2. The van der Waals surface area contributed by atoms with E-state index in [1.165, 1.54) is 24.3 Å². The first-order valence-corrected chi connectivity index (χ1v) is 8.79. The summed E-state index contributed by atoms with van der Waals surface area (Å²) >= 11 is 0. The Morgan fingerprint density at radius 2 is 1.96 bits per heavy atom. The molecule has 1 atom stereocenters. The topological polar surface area (TPSA) is 85.3 Å². The highest BCUT2D eigenvalue weighted by atomic mass is 19.1. The third-order valence-corrected chi connectivity index (χ3v) is 4.80. The highest BCUT2D eigenvalue weighted by Gasteiger charge is 2.28. The summed E-state index contributed by atoms with van der Waals surface area (Å²) in [5, 5.41) is 14.8. The van der Waals surface area contributed by atoms with E-state index in [4.69, 9.17) is 4.52 Å².